The first-order chi connectivity index (χ1) is 13.5. The largest absolute Gasteiger partial charge is 0.493 e. The van der Waals surface area contributed by atoms with E-state index in [4.69, 9.17) is 9.47 Å². The minimum atomic E-state index is -0.870. The van der Waals surface area contributed by atoms with Gasteiger partial charge in [-0.15, -0.1) is 0 Å². The SMILES string of the molecule is COc1cc(CNC(CCSC)C(=O)O)cc(Br)c1OCc1ccccc1F. The Morgan fingerprint density at radius 2 is 2.11 bits per heavy atom. The molecule has 2 aromatic carbocycles. The Labute approximate surface area is 176 Å². The lowest BCUT2D eigenvalue weighted by Gasteiger charge is -2.17. The van der Waals surface area contributed by atoms with Gasteiger partial charge < -0.3 is 19.9 Å². The standard InChI is InChI=1S/C20H23BrFNO4S/c1-26-18-10-13(11-23-17(20(24)25)7-8-28-2)9-15(21)19(18)27-12-14-5-3-4-6-16(14)22/h3-6,9-10,17,23H,7-8,11-12H2,1-2H3,(H,24,25). The summed E-state index contributed by atoms with van der Waals surface area (Å²) in [6.45, 7) is 0.433. The van der Waals surface area contributed by atoms with Crippen molar-refractivity contribution in [1.82, 2.24) is 5.32 Å². The third-order valence-corrected chi connectivity index (χ3v) is 5.31. The van der Waals surface area contributed by atoms with Crippen LogP contribution in [-0.4, -0.2) is 36.2 Å². The highest BCUT2D eigenvalue weighted by molar-refractivity contribution is 9.10. The van der Waals surface area contributed by atoms with Gasteiger partial charge in [-0.1, -0.05) is 18.2 Å². The molecule has 0 heterocycles. The van der Waals surface area contributed by atoms with Crippen LogP contribution in [0.5, 0.6) is 11.5 Å². The molecule has 2 rings (SSSR count). The number of hydrogen-bond acceptors (Lipinski definition) is 5. The van der Waals surface area contributed by atoms with E-state index in [2.05, 4.69) is 21.2 Å². The Kier molecular flexibility index (Phi) is 9.08. The fraction of sp³-hybridized carbons (Fsp3) is 0.350. The van der Waals surface area contributed by atoms with Crippen LogP contribution in [0.25, 0.3) is 0 Å². The van der Waals surface area contributed by atoms with Gasteiger partial charge in [-0.3, -0.25) is 4.79 Å². The third-order valence-electron chi connectivity index (χ3n) is 4.08. The number of rotatable bonds is 11. The van der Waals surface area contributed by atoms with Crippen LogP contribution in [0.2, 0.25) is 0 Å². The highest BCUT2D eigenvalue weighted by atomic mass is 79.9. The number of nitrogens with one attached hydrogen (secondary N) is 1. The van der Waals surface area contributed by atoms with E-state index < -0.39 is 12.0 Å². The number of methoxy groups -OCH3 is 1. The van der Waals surface area contributed by atoms with Crippen LogP contribution >= 0.6 is 27.7 Å². The lowest BCUT2D eigenvalue weighted by atomic mass is 10.1. The monoisotopic (exact) mass is 471 g/mol. The number of benzene rings is 2. The van der Waals surface area contributed by atoms with Gasteiger partial charge in [0.1, 0.15) is 18.5 Å². The molecule has 0 spiro atoms. The van der Waals surface area contributed by atoms with Crippen LogP contribution in [0.4, 0.5) is 4.39 Å². The molecule has 0 amide bonds. The van der Waals surface area contributed by atoms with Crippen molar-refractivity contribution in [2.45, 2.75) is 25.6 Å². The molecular formula is C20H23BrFNO4S. The Morgan fingerprint density at radius 1 is 1.36 bits per heavy atom. The van der Waals surface area contributed by atoms with Crippen molar-refractivity contribution in [3.8, 4) is 11.5 Å². The molecule has 2 N–H and O–H groups in total. The van der Waals surface area contributed by atoms with Gasteiger partial charge in [0.25, 0.3) is 0 Å². The first kappa shape index (κ1) is 22.5. The first-order valence-corrected chi connectivity index (χ1v) is 10.8. The number of carbonyl (C=O) groups is 1. The molecular weight excluding hydrogens is 449 g/mol. The summed E-state index contributed by atoms with van der Waals surface area (Å²) in [5.41, 5.74) is 1.29. The molecule has 1 unspecified atom stereocenters. The highest BCUT2D eigenvalue weighted by Crippen LogP contribution is 2.37. The smallest absolute Gasteiger partial charge is 0.320 e. The van der Waals surface area contributed by atoms with Gasteiger partial charge in [-0.2, -0.15) is 11.8 Å². The normalized spacial score (nSPS) is 11.9. The van der Waals surface area contributed by atoms with E-state index in [9.17, 15) is 14.3 Å². The molecule has 0 fully saturated rings. The Balaban J connectivity index is 2.09. The Bertz CT molecular complexity index is 806. The zero-order chi connectivity index (χ0) is 20.5. The van der Waals surface area contributed by atoms with Gasteiger partial charge in [-0.25, -0.2) is 4.39 Å². The number of hydrogen-bond donors (Lipinski definition) is 2. The summed E-state index contributed by atoms with van der Waals surface area (Å²) in [6, 6.07) is 9.42. The summed E-state index contributed by atoms with van der Waals surface area (Å²) >= 11 is 5.07. The average molecular weight is 472 g/mol. The molecule has 0 aromatic heterocycles. The fourth-order valence-corrected chi connectivity index (χ4v) is 3.65. The fourth-order valence-electron chi connectivity index (χ4n) is 2.57. The van der Waals surface area contributed by atoms with Crippen molar-refractivity contribution < 1.29 is 23.8 Å². The van der Waals surface area contributed by atoms with Crippen LogP contribution in [0.3, 0.4) is 0 Å². The molecule has 0 aliphatic rings. The minimum Gasteiger partial charge on any atom is -0.493 e. The molecule has 2 aromatic rings. The van der Waals surface area contributed by atoms with Crippen LogP contribution in [0.15, 0.2) is 40.9 Å². The zero-order valence-electron chi connectivity index (χ0n) is 15.7. The van der Waals surface area contributed by atoms with Crippen molar-refractivity contribution >= 4 is 33.7 Å². The summed E-state index contributed by atoms with van der Waals surface area (Å²) in [5, 5.41) is 12.4. The lowest BCUT2D eigenvalue weighted by Crippen LogP contribution is -2.36. The quantitative estimate of drug-likeness (QED) is 0.503. The van der Waals surface area contributed by atoms with Gasteiger partial charge in [-0.05, 0) is 58.1 Å². The second-order valence-corrected chi connectivity index (χ2v) is 7.88. The van der Waals surface area contributed by atoms with Gasteiger partial charge in [0.2, 0.25) is 0 Å². The molecule has 152 valence electrons. The Morgan fingerprint density at radius 3 is 2.75 bits per heavy atom. The summed E-state index contributed by atoms with van der Waals surface area (Å²) in [4.78, 5) is 11.4. The second kappa shape index (κ2) is 11.3. The molecule has 1 atom stereocenters. The van der Waals surface area contributed by atoms with Gasteiger partial charge in [0.05, 0.1) is 11.6 Å². The van der Waals surface area contributed by atoms with Crippen molar-refractivity contribution in [1.29, 1.82) is 0 Å². The van der Waals surface area contributed by atoms with E-state index in [0.717, 1.165) is 11.3 Å². The van der Waals surface area contributed by atoms with E-state index >= 15 is 0 Å². The Hall–Kier alpha value is -1.77. The van der Waals surface area contributed by atoms with Crippen LogP contribution < -0.4 is 14.8 Å². The predicted molar refractivity (Wildman–Crippen MR) is 113 cm³/mol. The van der Waals surface area contributed by atoms with E-state index in [-0.39, 0.29) is 12.4 Å². The van der Waals surface area contributed by atoms with Crippen LogP contribution in [-0.2, 0) is 17.9 Å². The van der Waals surface area contributed by atoms with Crippen LogP contribution in [0.1, 0.15) is 17.5 Å². The van der Waals surface area contributed by atoms with E-state index in [1.54, 1.807) is 36.0 Å². The highest BCUT2D eigenvalue weighted by Gasteiger charge is 2.18. The number of carboxylic acids is 1. The molecule has 5 nitrogen and oxygen atoms in total. The van der Waals surface area contributed by atoms with Crippen molar-refractivity contribution in [3.63, 3.8) is 0 Å². The maximum absolute atomic E-state index is 13.8. The number of aliphatic carboxylic acids is 1. The first-order valence-electron chi connectivity index (χ1n) is 8.64. The van der Waals surface area contributed by atoms with Crippen molar-refractivity contribution in [3.05, 3.63) is 57.8 Å². The predicted octanol–water partition coefficient (Wildman–Crippen LogP) is 4.47. The molecule has 0 saturated heterocycles. The summed E-state index contributed by atoms with van der Waals surface area (Å²) in [7, 11) is 1.52. The number of halogens is 2. The minimum absolute atomic E-state index is 0.0645. The molecule has 0 aliphatic heterocycles. The average Bonchev–Trinajstić information content (AvgIpc) is 2.67. The van der Waals surface area contributed by atoms with Crippen LogP contribution in [0, 0.1) is 5.82 Å². The van der Waals surface area contributed by atoms with E-state index in [1.807, 2.05) is 12.3 Å². The number of carboxylic acid groups (broad SMARTS) is 1. The van der Waals surface area contributed by atoms with E-state index in [0.29, 0.717) is 34.5 Å². The lowest BCUT2D eigenvalue weighted by molar-refractivity contribution is -0.139. The molecule has 8 heteroatoms. The molecule has 28 heavy (non-hydrogen) atoms. The maximum atomic E-state index is 13.8. The van der Waals surface area contributed by atoms with E-state index in [1.165, 1.54) is 13.2 Å². The molecule has 0 bridgehead atoms. The number of thioether (sulfide) groups is 1. The van der Waals surface area contributed by atoms with Gasteiger partial charge in [0, 0.05) is 12.1 Å². The van der Waals surface area contributed by atoms with Crippen molar-refractivity contribution in [2.75, 3.05) is 19.1 Å². The molecule has 0 aliphatic carbocycles. The van der Waals surface area contributed by atoms with Gasteiger partial charge >= 0.3 is 5.97 Å². The second-order valence-electron chi connectivity index (χ2n) is 6.04. The molecule has 0 saturated carbocycles. The third kappa shape index (κ3) is 6.39. The van der Waals surface area contributed by atoms with Crippen molar-refractivity contribution in [2.24, 2.45) is 0 Å². The maximum Gasteiger partial charge on any atom is 0.320 e. The summed E-state index contributed by atoms with van der Waals surface area (Å²) in [5.74, 6) is 0.512. The number of ether oxygens (including phenoxy) is 2. The summed E-state index contributed by atoms with van der Waals surface area (Å²) < 4.78 is 25.6. The van der Waals surface area contributed by atoms with Gasteiger partial charge in [0.15, 0.2) is 11.5 Å². The zero-order valence-corrected chi connectivity index (χ0v) is 18.1. The summed E-state index contributed by atoms with van der Waals surface area (Å²) in [6.07, 6.45) is 2.49. The molecule has 0 radical (unpaired) electrons. The topological polar surface area (TPSA) is 67.8 Å².